The van der Waals surface area contributed by atoms with E-state index in [4.69, 9.17) is 0 Å². The smallest absolute Gasteiger partial charge is 0.355 e. The summed E-state index contributed by atoms with van der Waals surface area (Å²) in [6.45, 7) is 0.0483. The summed E-state index contributed by atoms with van der Waals surface area (Å²) in [5.41, 5.74) is -3.14. The number of amides is 1. The van der Waals surface area contributed by atoms with Crippen molar-refractivity contribution in [1.29, 1.82) is 0 Å². The van der Waals surface area contributed by atoms with Crippen LogP contribution in [0.3, 0.4) is 0 Å². The van der Waals surface area contributed by atoms with Crippen LogP contribution in [0.25, 0.3) is 0 Å². The average molecular weight is 283 g/mol. The summed E-state index contributed by atoms with van der Waals surface area (Å²) in [6, 6.07) is 1.93. The molecule has 0 radical (unpaired) electrons. The molecule has 0 fully saturated rings. The largest absolute Gasteiger partial charge is 0.441 e. The van der Waals surface area contributed by atoms with E-state index in [1.165, 1.54) is 0 Å². The highest BCUT2D eigenvalue weighted by atomic mass is 32.2. The van der Waals surface area contributed by atoms with Crippen LogP contribution in [-0.2, 0) is 11.2 Å². The first kappa shape index (κ1) is 14.4. The summed E-state index contributed by atoms with van der Waals surface area (Å²) in [5, 5.41) is 6.34. The molecule has 1 N–H and O–H groups in total. The molecular formula is C10H12F3NOS2. The van der Waals surface area contributed by atoms with E-state index in [9.17, 15) is 18.0 Å². The third kappa shape index (κ3) is 7.27. The van der Waals surface area contributed by atoms with Gasteiger partial charge in [0.15, 0.2) is 0 Å². The van der Waals surface area contributed by atoms with Crippen LogP contribution >= 0.6 is 23.1 Å². The fourth-order valence-corrected chi connectivity index (χ4v) is 2.28. The number of hydrogen-bond donors (Lipinski definition) is 1. The zero-order valence-corrected chi connectivity index (χ0v) is 10.6. The molecule has 7 heteroatoms. The maximum absolute atomic E-state index is 11.8. The molecule has 0 bridgehead atoms. The number of aryl methyl sites for hydroxylation is 1. The van der Waals surface area contributed by atoms with Crippen LogP contribution in [0, 0.1) is 0 Å². The van der Waals surface area contributed by atoms with Crippen molar-refractivity contribution in [2.24, 2.45) is 0 Å². The minimum absolute atomic E-state index is 0.0483. The van der Waals surface area contributed by atoms with E-state index >= 15 is 0 Å². The van der Waals surface area contributed by atoms with E-state index in [-0.39, 0.29) is 30.0 Å². The highest BCUT2D eigenvalue weighted by molar-refractivity contribution is 8.00. The van der Waals surface area contributed by atoms with Gasteiger partial charge >= 0.3 is 5.51 Å². The second-order valence-electron chi connectivity index (χ2n) is 3.28. The molecule has 0 saturated heterocycles. The van der Waals surface area contributed by atoms with Crippen molar-refractivity contribution >= 4 is 29.0 Å². The SMILES string of the molecule is O=C(CCc1ccsc1)NCCSC(F)(F)F. The van der Waals surface area contributed by atoms with Gasteiger partial charge in [0, 0.05) is 18.7 Å². The third-order valence-electron chi connectivity index (χ3n) is 1.91. The molecule has 2 nitrogen and oxygen atoms in total. The number of hydrogen-bond acceptors (Lipinski definition) is 3. The fraction of sp³-hybridized carbons (Fsp3) is 0.500. The van der Waals surface area contributed by atoms with E-state index in [1.807, 2.05) is 16.8 Å². The van der Waals surface area contributed by atoms with Crippen LogP contribution in [0.4, 0.5) is 13.2 Å². The molecule has 1 heterocycles. The van der Waals surface area contributed by atoms with Crippen LogP contribution in [0.1, 0.15) is 12.0 Å². The fourth-order valence-electron chi connectivity index (χ4n) is 1.14. The molecule has 1 rings (SSSR count). The number of carbonyl (C=O) groups excluding carboxylic acids is 1. The Kier molecular flexibility index (Phi) is 5.84. The van der Waals surface area contributed by atoms with Gasteiger partial charge in [0.2, 0.25) is 5.91 Å². The van der Waals surface area contributed by atoms with E-state index in [0.29, 0.717) is 12.8 Å². The van der Waals surface area contributed by atoms with Crippen LogP contribution < -0.4 is 5.32 Å². The summed E-state index contributed by atoms with van der Waals surface area (Å²) in [6.07, 6.45) is 0.940. The Morgan fingerprint density at radius 2 is 2.24 bits per heavy atom. The number of rotatable bonds is 6. The lowest BCUT2D eigenvalue weighted by Crippen LogP contribution is -2.26. The number of alkyl halides is 3. The van der Waals surface area contributed by atoms with E-state index < -0.39 is 5.51 Å². The molecule has 0 aliphatic carbocycles. The number of halogens is 3. The van der Waals surface area contributed by atoms with Crippen molar-refractivity contribution in [3.05, 3.63) is 22.4 Å². The molecule has 0 aliphatic rings. The van der Waals surface area contributed by atoms with Gasteiger partial charge in [-0.05, 0) is 40.6 Å². The zero-order valence-electron chi connectivity index (χ0n) is 8.92. The van der Waals surface area contributed by atoms with Crippen molar-refractivity contribution in [3.8, 4) is 0 Å². The summed E-state index contributed by atoms with van der Waals surface area (Å²) < 4.78 is 35.3. The number of thioether (sulfide) groups is 1. The van der Waals surface area contributed by atoms with Crippen LogP contribution in [-0.4, -0.2) is 23.7 Å². The average Bonchev–Trinajstić information content (AvgIpc) is 2.73. The Balaban J connectivity index is 2.06. The first-order chi connectivity index (χ1) is 7.97. The van der Waals surface area contributed by atoms with Gasteiger partial charge in [-0.2, -0.15) is 24.5 Å². The Hall–Kier alpha value is -0.690. The summed E-state index contributed by atoms with van der Waals surface area (Å²) in [4.78, 5) is 11.3. The van der Waals surface area contributed by atoms with Crippen LogP contribution in [0.5, 0.6) is 0 Å². The Labute approximate surface area is 106 Å². The number of thiophene rings is 1. The van der Waals surface area contributed by atoms with Gasteiger partial charge < -0.3 is 5.32 Å². The molecule has 1 aromatic rings. The molecule has 17 heavy (non-hydrogen) atoms. The van der Waals surface area contributed by atoms with Gasteiger partial charge in [-0.15, -0.1) is 0 Å². The summed E-state index contributed by atoms with van der Waals surface area (Å²) in [7, 11) is 0. The van der Waals surface area contributed by atoms with Crippen molar-refractivity contribution in [1.82, 2.24) is 5.32 Å². The second-order valence-corrected chi connectivity index (χ2v) is 5.22. The predicted molar refractivity (Wildman–Crippen MR) is 64.2 cm³/mol. The number of nitrogens with one attached hydrogen (secondary N) is 1. The normalized spacial score (nSPS) is 11.5. The predicted octanol–water partition coefficient (Wildman–Crippen LogP) is 3.05. The van der Waals surface area contributed by atoms with Crippen molar-refractivity contribution in [2.75, 3.05) is 12.3 Å². The van der Waals surface area contributed by atoms with Gasteiger partial charge in [0.05, 0.1) is 0 Å². The molecule has 1 amide bonds. The van der Waals surface area contributed by atoms with Crippen LogP contribution in [0.15, 0.2) is 16.8 Å². The third-order valence-corrected chi connectivity index (χ3v) is 3.38. The van der Waals surface area contributed by atoms with Crippen molar-refractivity contribution in [3.63, 3.8) is 0 Å². The molecule has 0 atom stereocenters. The lowest BCUT2D eigenvalue weighted by Gasteiger charge is -2.06. The monoisotopic (exact) mass is 283 g/mol. The molecule has 0 spiro atoms. The van der Waals surface area contributed by atoms with Gasteiger partial charge in [0.1, 0.15) is 0 Å². The minimum Gasteiger partial charge on any atom is -0.355 e. The van der Waals surface area contributed by atoms with E-state index in [1.54, 1.807) is 11.3 Å². The Morgan fingerprint density at radius 3 is 2.82 bits per heavy atom. The molecule has 0 saturated carbocycles. The van der Waals surface area contributed by atoms with Crippen molar-refractivity contribution < 1.29 is 18.0 Å². The Morgan fingerprint density at radius 1 is 1.47 bits per heavy atom. The highest BCUT2D eigenvalue weighted by Crippen LogP contribution is 2.29. The molecule has 96 valence electrons. The van der Waals surface area contributed by atoms with Gasteiger partial charge in [-0.3, -0.25) is 4.79 Å². The van der Waals surface area contributed by atoms with Gasteiger partial charge in [0.25, 0.3) is 0 Å². The van der Waals surface area contributed by atoms with E-state index in [2.05, 4.69) is 5.32 Å². The standard InChI is InChI=1S/C10H12F3NOS2/c11-10(12,13)17-6-4-14-9(15)2-1-8-3-5-16-7-8/h3,5,7H,1-2,4,6H2,(H,14,15). The first-order valence-electron chi connectivity index (χ1n) is 4.96. The zero-order chi connectivity index (χ0) is 12.7. The topological polar surface area (TPSA) is 29.1 Å². The molecule has 1 aromatic heterocycles. The maximum Gasteiger partial charge on any atom is 0.441 e. The second kappa shape index (κ2) is 6.90. The molecule has 0 aromatic carbocycles. The summed E-state index contributed by atoms with van der Waals surface area (Å²) in [5.74, 6) is -0.354. The quantitative estimate of drug-likeness (QED) is 0.813. The lowest BCUT2D eigenvalue weighted by molar-refractivity contribution is -0.120. The highest BCUT2D eigenvalue weighted by Gasteiger charge is 2.27. The molecule has 0 unspecified atom stereocenters. The molecular weight excluding hydrogens is 271 g/mol. The first-order valence-corrected chi connectivity index (χ1v) is 6.89. The van der Waals surface area contributed by atoms with Crippen molar-refractivity contribution in [2.45, 2.75) is 18.3 Å². The van der Waals surface area contributed by atoms with Gasteiger partial charge in [-0.25, -0.2) is 0 Å². The van der Waals surface area contributed by atoms with E-state index in [0.717, 1.165) is 5.56 Å². The Bertz CT molecular complexity index is 338. The summed E-state index contributed by atoms with van der Waals surface area (Å²) >= 11 is 1.43. The van der Waals surface area contributed by atoms with Gasteiger partial charge in [-0.1, -0.05) is 0 Å². The van der Waals surface area contributed by atoms with Crippen LogP contribution in [0.2, 0.25) is 0 Å². The molecule has 0 aliphatic heterocycles. The maximum atomic E-state index is 11.8. The lowest BCUT2D eigenvalue weighted by atomic mass is 10.2. The minimum atomic E-state index is -4.22. The number of carbonyl (C=O) groups is 1.